The van der Waals surface area contributed by atoms with Crippen LogP contribution in [0.3, 0.4) is 0 Å². The summed E-state index contributed by atoms with van der Waals surface area (Å²) in [5.41, 5.74) is 0.545. The molecule has 2 amide bonds. The van der Waals surface area contributed by atoms with E-state index in [0.29, 0.717) is 13.1 Å². The highest BCUT2D eigenvalue weighted by Gasteiger charge is 2.31. The SMILES string of the molecule is Bc1ccc(N2CCN(CCC(=O)OC(C)(C)C)C2=O)c(F)c1. The van der Waals surface area contributed by atoms with E-state index < -0.39 is 11.4 Å². The summed E-state index contributed by atoms with van der Waals surface area (Å²) in [4.78, 5) is 27.1. The summed E-state index contributed by atoms with van der Waals surface area (Å²) in [6, 6.07) is 4.51. The molecule has 124 valence electrons. The van der Waals surface area contributed by atoms with Gasteiger partial charge in [0, 0.05) is 19.6 Å². The second kappa shape index (κ2) is 6.60. The zero-order valence-corrected chi connectivity index (χ0v) is 14.1. The minimum absolute atomic E-state index is 0.132. The molecule has 0 radical (unpaired) electrons. The van der Waals surface area contributed by atoms with E-state index in [4.69, 9.17) is 4.74 Å². The van der Waals surface area contributed by atoms with Crippen LogP contribution in [0.5, 0.6) is 0 Å². The highest BCUT2D eigenvalue weighted by Crippen LogP contribution is 2.23. The second-order valence-corrected chi connectivity index (χ2v) is 6.71. The predicted octanol–water partition coefficient (Wildman–Crippen LogP) is 1.06. The topological polar surface area (TPSA) is 49.9 Å². The van der Waals surface area contributed by atoms with Crippen LogP contribution in [-0.2, 0) is 9.53 Å². The molecule has 1 fully saturated rings. The van der Waals surface area contributed by atoms with E-state index in [1.165, 1.54) is 11.0 Å². The van der Waals surface area contributed by atoms with Crippen LogP contribution in [0.15, 0.2) is 18.2 Å². The van der Waals surface area contributed by atoms with Gasteiger partial charge in [-0.15, -0.1) is 0 Å². The van der Waals surface area contributed by atoms with Crippen LogP contribution >= 0.6 is 0 Å². The lowest BCUT2D eigenvalue weighted by molar-refractivity contribution is -0.154. The van der Waals surface area contributed by atoms with E-state index in [9.17, 15) is 14.0 Å². The molecule has 0 bridgehead atoms. The fraction of sp³-hybridized carbons (Fsp3) is 0.500. The van der Waals surface area contributed by atoms with Crippen molar-refractivity contribution in [1.29, 1.82) is 0 Å². The van der Waals surface area contributed by atoms with Crippen molar-refractivity contribution in [3.05, 3.63) is 24.0 Å². The number of anilines is 1. The smallest absolute Gasteiger partial charge is 0.324 e. The van der Waals surface area contributed by atoms with Crippen molar-refractivity contribution < 1.29 is 18.7 Å². The Morgan fingerprint density at radius 3 is 2.65 bits per heavy atom. The average molecular weight is 320 g/mol. The minimum atomic E-state index is -0.539. The molecule has 0 atom stereocenters. The lowest BCUT2D eigenvalue weighted by atomic mass is 9.96. The number of nitrogens with zero attached hydrogens (tertiary/aromatic N) is 2. The first-order chi connectivity index (χ1) is 10.7. The van der Waals surface area contributed by atoms with Gasteiger partial charge < -0.3 is 9.64 Å². The third-order valence-electron chi connectivity index (χ3n) is 3.49. The second-order valence-electron chi connectivity index (χ2n) is 6.71. The van der Waals surface area contributed by atoms with Gasteiger partial charge in [0.2, 0.25) is 0 Å². The Kier molecular flexibility index (Phi) is 4.97. The molecule has 1 aliphatic heterocycles. The van der Waals surface area contributed by atoms with E-state index in [0.717, 1.165) is 5.46 Å². The first-order valence-corrected chi connectivity index (χ1v) is 7.72. The Morgan fingerprint density at radius 2 is 2.04 bits per heavy atom. The quantitative estimate of drug-likeness (QED) is 0.616. The number of urea groups is 1. The molecule has 0 aliphatic carbocycles. The molecular formula is C16H22BFN2O3. The van der Waals surface area contributed by atoms with Crippen molar-refractivity contribution in [2.45, 2.75) is 32.8 Å². The zero-order valence-electron chi connectivity index (χ0n) is 14.1. The molecule has 1 saturated heterocycles. The maximum Gasteiger partial charge on any atom is 0.324 e. The highest BCUT2D eigenvalue weighted by molar-refractivity contribution is 6.32. The van der Waals surface area contributed by atoms with Crippen LogP contribution in [0.1, 0.15) is 27.2 Å². The summed E-state index contributed by atoms with van der Waals surface area (Å²) in [5.74, 6) is -0.752. The monoisotopic (exact) mass is 320 g/mol. The van der Waals surface area contributed by atoms with Crippen molar-refractivity contribution in [2.75, 3.05) is 24.5 Å². The molecule has 0 spiro atoms. The van der Waals surface area contributed by atoms with E-state index in [-0.39, 0.29) is 30.7 Å². The van der Waals surface area contributed by atoms with Gasteiger partial charge in [0.15, 0.2) is 0 Å². The minimum Gasteiger partial charge on any atom is -0.460 e. The molecule has 1 aliphatic rings. The van der Waals surface area contributed by atoms with Crippen LogP contribution in [0.4, 0.5) is 14.9 Å². The normalized spacial score (nSPS) is 15.2. The third kappa shape index (κ3) is 4.47. The number of ether oxygens (including phenoxy) is 1. The molecule has 1 aromatic carbocycles. The van der Waals surface area contributed by atoms with Gasteiger partial charge in [-0.1, -0.05) is 11.5 Å². The largest absolute Gasteiger partial charge is 0.460 e. The van der Waals surface area contributed by atoms with Crippen LogP contribution in [-0.4, -0.2) is 50.0 Å². The van der Waals surface area contributed by atoms with Gasteiger partial charge in [-0.05, 0) is 32.9 Å². The number of halogens is 1. The van der Waals surface area contributed by atoms with E-state index in [1.807, 2.05) is 0 Å². The Balaban J connectivity index is 1.95. The molecule has 5 nitrogen and oxygen atoms in total. The Bertz CT molecular complexity index is 616. The fourth-order valence-electron chi connectivity index (χ4n) is 2.46. The lowest BCUT2D eigenvalue weighted by Crippen LogP contribution is -2.34. The summed E-state index contributed by atoms with van der Waals surface area (Å²) in [5, 5.41) is 0. The summed E-state index contributed by atoms with van der Waals surface area (Å²) < 4.78 is 19.2. The number of amides is 2. The summed E-state index contributed by atoms with van der Waals surface area (Å²) in [6.45, 7) is 6.55. The van der Waals surface area contributed by atoms with Crippen molar-refractivity contribution in [2.24, 2.45) is 0 Å². The molecule has 1 aromatic rings. The lowest BCUT2D eigenvalue weighted by Gasteiger charge is -2.21. The maximum atomic E-state index is 14.0. The summed E-state index contributed by atoms with van der Waals surface area (Å²) in [7, 11) is 1.80. The number of benzene rings is 1. The zero-order chi connectivity index (χ0) is 17.2. The summed E-state index contributed by atoms with van der Waals surface area (Å²) in [6.07, 6.45) is 0.132. The van der Waals surface area contributed by atoms with Gasteiger partial charge >= 0.3 is 12.0 Å². The van der Waals surface area contributed by atoms with Crippen LogP contribution in [0, 0.1) is 5.82 Å². The molecule has 23 heavy (non-hydrogen) atoms. The van der Waals surface area contributed by atoms with Gasteiger partial charge in [-0.3, -0.25) is 9.69 Å². The number of carbonyl (C=O) groups is 2. The van der Waals surface area contributed by atoms with Crippen molar-refractivity contribution in [3.8, 4) is 0 Å². The Hall–Kier alpha value is -2.05. The first-order valence-electron chi connectivity index (χ1n) is 7.72. The number of carbonyl (C=O) groups excluding carboxylic acids is 2. The molecular weight excluding hydrogens is 298 g/mol. The van der Waals surface area contributed by atoms with Gasteiger partial charge in [-0.2, -0.15) is 0 Å². The molecule has 0 N–H and O–H groups in total. The van der Waals surface area contributed by atoms with E-state index >= 15 is 0 Å². The molecule has 1 heterocycles. The van der Waals surface area contributed by atoms with Gasteiger partial charge in [-0.25, -0.2) is 9.18 Å². The third-order valence-corrected chi connectivity index (χ3v) is 3.49. The maximum absolute atomic E-state index is 14.0. The fourth-order valence-corrected chi connectivity index (χ4v) is 2.46. The molecule has 2 rings (SSSR count). The molecule has 0 aromatic heterocycles. The summed E-state index contributed by atoms with van der Waals surface area (Å²) >= 11 is 0. The first kappa shape index (κ1) is 17.3. The van der Waals surface area contributed by atoms with Crippen molar-refractivity contribution in [3.63, 3.8) is 0 Å². The molecule has 0 saturated carbocycles. The Morgan fingerprint density at radius 1 is 1.35 bits per heavy atom. The number of esters is 1. The molecule has 7 heteroatoms. The number of hydrogen-bond acceptors (Lipinski definition) is 3. The van der Waals surface area contributed by atoms with Crippen LogP contribution in [0.25, 0.3) is 0 Å². The van der Waals surface area contributed by atoms with Crippen LogP contribution in [0.2, 0.25) is 0 Å². The van der Waals surface area contributed by atoms with Gasteiger partial charge in [0.05, 0.1) is 12.1 Å². The van der Waals surface area contributed by atoms with Crippen LogP contribution < -0.4 is 10.4 Å². The van der Waals surface area contributed by atoms with Gasteiger partial charge in [0.1, 0.15) is 19.3 Å². The Labute approximate surface area is 136 Å². The predicted molar refractivity (Wildman–Crippen MR) is 89.4 cm³/mol. The average Bonchev–Trinajstić information content (AvgIpc) is 2.76. The standard InChI is InChI=1S/C16H22BFN2O3/c1-16(2,3)23-14(21)6-7-19-8-9-20(15(19)22)13-5-4-11(17)10-12(13)18/h4-5,10H,6-9,17H2,1-3H3. The number of rotatable bonds is 4. The van der Waals surface area contributed by atoms with Crippen molar-refractivity contribution >= 4 is 31.0 Å². The van der Waals surface area contributed by atoms with E-state index in [1.54, 1.807) is 45.7 Å². The van der Waals surface area contributed by atoms with E-state index in [2.05, 4.69) is 0 Å². The highest BCUT2D eigenvalue weighted by atomic mass is 19.1. The molecule has 0 unspecified atom stereocenters. The number of hydrogen-bond donors (Lipinski definition) is 0. The van der Waals surface area contributed by atoms with Gasteiger partial charge in [0.25, 0.3) is 0 Å². The van der Waals surface area contributed by atoms with Crippen molar-refractivity contribution in [1.82, 2.24) is 4.90 Å².